The lowest BCUT2D eigenvalue weighted by Crippen LogP contribution is -2.51. The lowest BCUT2D eigenvalue weighted by Gasteiger charge is -2.37. The first-order chi connectivity index (χ1) is 9.99. The van der Waals surface area contributed by atoms with Crippen LogP contribution in [0.15, 0.2) is 30.3 Å². The van der Waals surface area contributed by atoms with E-state index in [1.165, 1.54) is 7.11 Å². The van der Waals surface area contributed by atoms with Crippen LogP contribution in [0.1, 0.15) is 25.3 Å². The minimum absolute atomic E-state index is 0.179. The van der Waals surface area contributed by atoms with Crippen LogP contribution in [0, 0.1) is 5.92 Å². The summed E-state index contributed by atoms with van der Waals surface area (Å²) in [5.74, 6) is -1.51. The zero-order valence-electron chi connectivity index (χ0n) is 12.4. The summed E-state index contributed by atoms with van der Waals surface area (Å²) >= 11 is 0. The van der Waals surface area contributed by atoms with Gasteiger partial charge in [0, 0.05) is 20.2 Å². The first-order valence-electron chi connectivity index (χ1n) is 7.12. The molecule has 1 aliphatic heterocycles. The number of rotatable bonds is 4. The molecule has 0 aliphatic carbocycles. The fourth-order valence-electron chi connectivity index (χ4n) is 2.75. The number of hydrogen-bond acceptors (Lipinski definition) is 3. The summed E-state index contributed by atoms with van der Waals surface area (Å²) in [7, 11) is 1.50. The molecule has 1 fully saturated rings. The molecular weight excluding hydrogens is 270 g/mol. The number of ether oxygens (including phenoxy) is 1. The molecule has 2 atom stereocenters. The highest BCUT2D eigenvalue weighted by Gasteiger charge is 2.40. The van der Waals surface area contributed by atoms with Crippen molar-refractivity contribution in [3.8, 4) is 0 Å². The van der Waals surface area contributed by atoms with Gasteiger partial charge in [-0.2, -0.15) is 0 Å². The maximum absolute atomic E-state index is 12.8. The zero-order chi connectivity index (χ0) is 15.5. The molecule has 114 valence electrons. The molecule has 2 unspecified atom stereocenters. The highest BCUT2D eigenvalue weighted by Crippen LogP contribution is 2.29. The largest absolute Gasteiger partial charge is 0.481 e. The third-order valence-electron chi connectivity index (χ3n) is 4.20. The van der Waals surface area contributed by atoms with Gasteiger partial charge < -0.3 is 14.7 Å². The lowest BCUT2D eigenvalue weighted by atomic mass is 9.91. The van der Waals surface area contributed by atoms with Gasteiger partial charge in [-0.3, -0.25) is 9.59 Å². The summed E-state index contributed by atoms with van der Waals surface area (Å²) in [6.45, 7) is 2.56. The Morgan fingerprint density at radius 1 is 1.33 bits per heavy atom. The van der Waals surface area contributed by atoms with Gasteiger partial charge in [-0.1, -0.05) is 30.3 Å². The van der Waals surface area contributed by atoms with E-state index in [1.54, 1.807) is 11.8 Å². The standard InChI is InChI=1S/C16H21NO4/c1-16(21-2,13-8-4-3-5-9-13)15(20)17-10-6-7-12(11-17)14(18)19/h3-5,8-9,12H,6-7,10-11H2,1-2H3,(H,18,19). The molecule has 1 aromatic carbocycles. The van der Waals surface area contributed by atoms with Gasteiger partial charge in [0.1, 0.15) is 0 Å². The minimum atomic E-state index is -1.08. The van der Waals surface area contributed by atoms with E-state index in [4.69, 9.17) is 9.84 Å². The number of methoxy groups -OCH3 is 1. The first-order valence-corrected chi connectivity index (χ1v) is 7.12. The first kappa shape index (κ1) is 15.5. The molecule has 5 heteroatoms. The van der Waals surface area contributed by atoms with Crippen LogP contribution in [0.3, 0.4) is 0 Å². The van der Waals surface area contributed by atoms with Crippen molar-refractivity contribution >= 4 is 11.9 Å². The number of carbonyl (C=O) groups is 2. The fourth-order valence-corrected chi connectivity index (χ4v) is 2.75. The molecule has 1 aromatic rings. The number of amides is 1. The molecule has 0 saturated carbocycles. The Bertz CT molecular complexity index is 516. The van der Waals surface area contributed by atoms with Crippen LogP contribution in [-0.2, 0) is 19.9 Å². The van der Waals surface area contributed by atoms with Gasteiger partial charge in [-0.15, -0.1) is 0 Å². The van der Waals surface area contributed by atoms with Gasteiger partial charge in [-0.05, 0) is 25.3 Å². The van der Waals surface area contributed by atoms with Crippen molar-refractivity contribution in [2.24, 2.45) is 5.92 Å². The molecule has 1 aliphatic rings. The second-order valence-electron chi connectivity index (χ2n) is 5.53. The van der Waals surface area contributed by atoms with Crippen molar-refractivity contribution < 1.29 is 19.4 Å². The topological polar surface area (TPSA) is 66.8 Å². The Hall–Kier alpha value is -1.88. The Kier molecular flexibility index (Phi) is 4.63. The van der Waals surface area contributed by atoms with Crippen molar-refractivity contribution in [2.75, 3.05) is 20.2 Å². The van der Waals surface area contributed by atoms with E-state index >= 15 is 0 Å². The molecule has 2 rings (SSSR count). The molecule has 1 saturated heterocycles. The van der Waals surface area contributed by atoms with Crippen molar-refractivity contribution in [1.82, 2.24) is 4.90 Å². The molecule has 5 nitrogen and oxygen atoms in total. The van der Waals surface area contributed by atoms with Gasteiger partial charge in [0.25, 0.3) is 5.91 Å². The van der Waals surface area contributed by atoms with Crippen LogP contribution in [0.4, 0.5) is 0 Å². The van der Waals surface area contributed by atoms with Gasteiger partial charge in [0.15, 0.2) is 5.60 Å². The third-order valence-corrected chi connectivity index (χ3v) is 4.20. The van der Waals surface area contributed by atoms with Gasteiger partial charge in [-0.25, -0.2) is 0 Å². The maximum Gasteiger partial charge on any atom is 0.308 e. The average Bonchev–Trinajstić information content (AvgIpc) is 2.54. The molecule has 1 heterocycles. The van der Waals surface area contributed by atoms with Gasteiger partial charge >= 0.3 is 5.97 Å². The smallest absolute Gasteiger partial charge is 0.308 e. The average molecular weight is 291 g/mol. The van der Waals surface area contributed by atoms with Crippen molar-refractivity contribution in [2.45, 2.75) is 25.4 Å². The van der Waals surface area contributed by atoms with Gasteiger partial charge in [0.05, 0.1) is 5.92 Å². The third kappa shape index (κ3) is 3.08. The van der Waals surface area contributed by atoms with E-state index < -0.39 is 17.5 Å². The van der Waals surface area contributed by atoms with Crippen molar-refractivity contribution in [3.05, 3.63) is 35.9 Å². The molecule has 0 radical (unpaired) electrons. The molecule has 1 N–H and O–H groups in total. The van der Waals surface area contributed by atoms with E-state index in [1.807, 2.05) is 30.3 Å². The molecule has 21 heavy (non-hydrogen) atoms. The van der Waals surface area contributed by atoms with E-state index in [9.17, 15) is 9.59 Å². The normalized spacial score (nSPS) is 21.6. The van der Waals surface area contributed by atoms with E-state index in [2.05, 4.69) is 0 Å². The fraction of sp³-hybridized carbons (Fsp3) is 0.500. The minimum Gasteiger partial charge on any atom is -0.481 e. The van der Waals surface area contributed by atoms with Crippen LogP contribution in [-0.4, -0.2) is 42.1 Å². The number of carboxylic acid groups (broad SMARTS) is 1. The van der Waals surface area contributed by atoms with Crippen LogP contribution >= 0.6 is 0 Å². The Labute approximate surface area is 124 Å². The van der Waals surface area contributed by atoms with E-state index in [0.29, 0.717) is 19.4 Å². The van der Waals surface area contributed by atoms with Crippen LogP contribution in [0.25, 0.3) is 0 Å². The number of likely N-dealkylation sites (tertiary alicyclic amines) is 1. The molecule has 0 spiro atoms. The lowest BCUT2D eigenvalue weighted by molar-refractivity contribution is -0.158. The SMILES string of the molecule is COC(C)(C(=O)N1CCCC(C(=O)O)C1)c1ccccc1. The van der Waals surface area contributed by atoms with Crippen LogP contribution < -0.4 is 0 Å². The number of hydrogen-bond donors (Lipinski definition) is 1. The zero-order valence-corrected chi connectivity index (χ0v) is 12.4. The van der Waals surface area contributed by atoms with E-state index in [0.717, 1.165) is 5.56 Å². The second-order valence-corrected chi connectivity index (χ2v) is 5.53. The van der Waals surface area contributed by atoms with Gasteiger partial charge in [0.2, 0.25) is 0 Å². The Morgan fingerprint density at radius 3 is 2.57 bits per heavy atom. The van der Waals surface area contributed by atoms with Crippen molar-refractivity contribution in [1.29, 1.82) is 0 Å². The Balaban J connectivity index is 2.22. The molecule has 0 aromatic heterocycles. The summed E-state index contributed by atoms with van der Waals surface area (Å²) in [4.78, 5) is 25.6. The number of piperidine rings is 1. The molecule has 1 amide bonds. The summed E-state index contributed by atoms with van der Waals surface area (Å²) in [6, 6.07) is 9.29. The number of aliphatic carboxylic acids is 1. The Morgan fingerprint density at radius 2 is 2.00 bits per heavy atom. The predicted molar refractivity (Wildman–Crippen MR) is 77.7 cm³/mol. The monoisotopic (exact) mass is 291 g/mol. The maximum atomic E-state index is 12.8. The van der Waals surface area contributed by atoms with Crippen LogP contribution in [0.5, 0.6) is 0 Å². The number of benzene rings is 1. The summed E-state index contributed by atoms with van der Waals surface area (Å²) in [6.07, 6.45) is 1.32. The quantitative estimate of drug-likeness (QED) is 0.919. The van der Waals surface area contributed by atoms with E-state index in [-0.39, 0.29) is 12.5 Å². The summed E-state index contributed by atoms with van der Waals surface area (Å²) in [5, 5.41) is 9.15. The molecular formula is C16H21NO4. The second kappa shape index (κ2) is 6.26. The highest BCUT2D eigenvalue weighted by atomic mass is 16.5. The molecule has 0 bridgehead atoms. The number of nitrogens with zero attached hydrogens (tertiary/aromatic N) is 1. The predicted octanol–water partition coefficient (Wildman–Crippen LogP) is 1.87. The summed E-state index contributed by atoms with van der Waals surface area (Å²) in [5.41, 5.74) is -0.309. The summed E-state index contributed by atoms with van der Waals surface area (Å²) < 4.78 is 5.50. The van der Waals surface area contributed by atoms with Crippen molar-refractivity contribution in [3.63, 3.8) is 0 Å². The number of carbonyl (C=O) groups excluding carboxylic acids is 1. The highest BCUT2D eigenvalue weighted by molar-refractivity contribution is 5.87. The van der Waals surface area contributed by atoms with Crippen LogP contribution in [0.2, 0.25) is 0 Å². The number of carboxylic acids is 1.